The van der Waals surface area contributed by atoms with Crippen molar-refractivity contribution >= 4 is 34.2 Å². The fourth-order valence-electron chi connectivity index (χ4n) is 3.91. The Bertz CT molecular complexity index is 564. The number of halogens is 2. The number of amides is 1. The zero-order valence-corrected chi connectivity index (χ0v) is 16.2. The fourth-order valence-corrected chi connectivity index (χ4v) is 4.31. The molecule has 3 rings (SSSR count). The molecular formula is C18H26BrClN2O2. The van der Waals surface area contributed by atoms with Gasteiger partial charge >= 0.3 is 0 Å². The van der Waals surface area contributed by atoms with Crippen LogP contribution in [0.3, 0.4) is 0 Å². The van der Waals surface area contributed by atoms with E-state index in [1.54, 1.807) is 0 Å². The van der Waals surface area contributed by atoms with Crippen molar-refractivity contribution in [1.82, 2.24) is 10.6 Å². The largest absolute Gasteiger partial charge is 0.392 e. The summed E-state index contributed by atoms with van der Waals surface area (Å²) in [4.78, 5) is 12.4. The van der Waals surface area contributed by atoms with Crippen LogP contribution in [0.15, 0.2) is 28.7 Å². The maximum atomic E-state index is 12.4. The Kier molecular flexibility index (Phi) is 7.10. The Morgan fingerprint density at radius 2 is 2.08 bits per heavy atom. The molecular weight excluding hydrogens is 392 g/mol. The number of aliphatic hydroxyl groups excluding tert-OH is 1. The van der Waals surface area contributed by atoms with Gasteiger partial charge < -0.3 is 15.7 Å². The predicted molar refractivity (Wildman–Crippen MR) is 102 cm³/mol. The van der Waals surface area contributed by atoms with E-state index in [4.69, 9.17) is 0 Å². The summed E-state index contributed by atoms with van der Waals surface area (Å²) in [5.41, 5.74) is 1.35. The lowest BCUT2D eigenvalue weighted by molar-refractivity contribution is -0.123. The average Bonchev–Trinajstić information content (AvgIpc) is 3.00. The van der Waals surface area contributed by atoms with Gasteiger partial charge in [-0.2, -0.15) is 0 Å². The normalized spacial score (nSPS) is 25.8. The molecule has 0 radical (unpaired) electrons. The van der Waals surface area contributed by atoms with E-state index in [9.17, 15) is 9.90 Å². The third kappa shape index (κ3) is 4.51. The number of hydrogen-bond acceptors (Lipinski definition) is 3. The number of β-amino-alcohol motifs (C(OH)–C–C–N with tert-alkyl or cyclic N) is 1. The van der Waals surface area contributed by atoms with Gasteiger partial charge in [0.25, 0.3) is 0 Å². The maximum Gasteiger partial charge on any atom is 0.237 e. The van der Waals surface area contributed by atoms with Crippen LogP contribution in [-0.2, 0) is 10.2 Å². The van der Waals surface area contributed by atoms with Gasteiger partial charge in [0.1, 0.15) is 0 Å². The molecule has 1 heterocycles. The highest BCUT2D eigenvalue weighted by molar-refractivity contribution is 9.10. The second kappa shape index (κ2) is 8.65. The van der Waals surface area contributed by atoms with Crippen molar-refractivity contribution in [2.24, 2.45) is 0 Å². The van der Waals surface area contributed by atoms with E-state index < -0.39 is 6.10 Å². The fraction of sp³-hybridized carbons (Fsp3) is 0.611. The molecule has 3 N–H and O–H groups in total. The number of aliphatic hydroxyl groups is 1. The number of rotatable bonds is 4. The Hall–Kier alpha value is -0.620. The molecule has 6 heteroatoms. The van der Waals surface area contributed by atoms with Crippen LogP contribution in [-0.4, -0.2) is 36.2 Å². The molecule has 1 amide bonds. The van der Waals surface area contributed by atoms with E-state index in [1.165, 1.54) is 24.8 Å². The minimum atomic E-state index is -0.403. The van der Waals surface area contributed by atoms with Crippen LogP contribution >= 0.6 is 28.3 Å². The molecule has 24 heavy (non-hydrogen) atoms. The van der Waals surface area contributed by atoms with Crippen LogP contribution in [0.25, 0.3) is 0 Å². The van der Waals surface area contributed by atoms with Crippen LogP contribution in [0.4, 0.5) is 0 Å². The van der Waals surface area contributed by atoms with Gasteiger partial charge in [-0.15, -0.1) is 12.4 Å². The Morgan fingerprint density at radius 1 is 1.33 bits per heavy atom. The summed E-state index contributed by atoms with van der Waals surface area (Å²) < 4.78 is 1.09. The number of nitrogens with one attached hydrogen (secondary N) is 2. The molecule has 2 aliphatic rings. The van der Waals surface area contributed by atoms with Gasteiger partial charge in [0.15, 0.2) is 0 Å². The lowest BCUT2D eigenvalue weighted by Crippen LogP contribution is -2.47. The monoisotopic (exact) mass is 416 g/mol. The molecule has 1 saturated carbocycles. The molecule has 0 bridgehead atoms. The first-order chi connectivity index (χ1) is 11.1. The van der Waals surface area contributed by atoms with E-state index in [-0.39, 0.29) is 29.8 Å². The average molecular weight is 418 g/mol. The van der Waals surface area contributed by atoms with Gasteiger partial charge in [-0.25, -0.2) is 0 Å². The van der Waals surface area contributed by atoms with Crippen molar-refractivity contribution in [3.8, 4) is 0 Å². The van der Waals surface area contributed by atoms with Gasteiger partial charge in [0.2, 0.25) is 5.91 Å². The quantitative estimate of drug-likeness (QED) is 0.706. The first-order valence-electron chi connectivity index (χ1n) is 8.54. The standard InChI is InChI=1S/C18H25BrN2O2.ClH/c19-14-6-4-5-13(9-14)18(7-2-1-3-8-18)12-21-17(23)16-10-15(22)11-20-16;/h4-6,9,15-16,20,22H,1-3,7-8,10-12H2,(H,21,23);1H. The second-order valence-electron chi connectivity index (χ2n) is 6.92. The lowest BCUT2D eigenvalue weighted by Gasteiger charge is -2.38. The van der Waals surface area contributed by atoms with Crippen molar-refractivity contribution in [1.29, 1.82) is 0 Å². The minimum absolute atomic E-state index is 0. The van der Waals surface area contributed by atoms with Crippen LogP contribution in [0.2, 0.25) is 0 Å². The molecule has 2 fully saturated rings. The Morgan fingerprint density at radius 3 is 2.71 bits per heavy atom. The highest BCUT2D eigenvalue weighted by Crippen LogP contribution is 2.39. The summed E-state index contributed by atoms with van der Waals surface area (Å²) in [6.07, 6.45) is 6.04. The first-order valence-corrected chi connectivity index (χ1v) is 9.34. The van der Waals surface area contributed by atoms with Crippen molar-refractivity contribution < 1.29 is 9.90 Å². The van der Waals surface area contributed by atoms with E-state index >= 15 is 0 Å². The number of carbonyl (C=O) groups is 1. The van der Waals surface area contributed by atoms with Crippen LogP contribution in [0.5, 0.6) is 0 Å². The highest BCUT2D eigenvalue weighted by atomic mass is 79.9. The van der Waals surface area contributed by atoms with Crippen molar-refractivity contribution in [3.63, 3.8) is 0 Å². The summed E-state index contributed by atoms with van der Waals surface area (Å²) in [6, 6.07) is 8.23. The van der Waals surface area contributed by atoms with Crippen molar-refractivity contribution in [2.45, 2.75) is 56.1 Å². The van der Waals surface area contributed by atoms with E-state index in [0.717, 1.165) is 17.3 Å². The van der Waals surface area contributed by atoms with Gasteiger partial charge in [-0.3, -0.25) is 4.79 Å². The van der Waals surface area contributed by atoms with E-state index in [2.05, 4.69) is 44.8 Å². The topological polar surface area (TPSA) is 61.4 Å². The number of benzene rings is 1. The molecule has 2 atom stereocenters. The molecule has 1 saturated heterocycles. The van der Waals surface area contributed by atoms with E-state index in [0.29, 0.717) is 19.5 Å². The minimum Gasteiger partial charge on any atom is -0.392 e. The molecule has 1 aromatic rings. The van der Waals surface area contributed by atoms with E-state index in [1.807, 2.05) is 6.07 Å². The molecule has 1 aliphatic heterocycles. The molecule has 4 nitrogen and oxygen atoms in total. The smallest absolute Gasteiger partial charge is 0.237 e. The third-order valence-corrected chi connectivity index (χ3v) is 5.77. The van der Waals surface area contributed by atoms with Crippen molar-refractivity contribution in [2.75, 3.05) is 13.1 Å². The lowest BCUT2D eigenvalue weighted by atomic mass is 9.69. The molecule has 0 spiro atoms. The van der Waals surface area contributed by atoms with Gasteiger partial charge in [0.05, 0.1) is 12.1 Å². The first kappa shape index (κ1) is 19.7. The zero-order valence-electron chi connectivity index (χ0n) is 13.8. The van der Waals surface area contributed by atoms with Gasteiger partial charge in [-0.05, 0) is 37.0 Å². The molecule has 1 aromatic carbocycles. The van der Waals surface area contributed by atoms with Gasteiger partial charge in [-0.1, -0.05) is 47.3 Å². The zero-order chi connectivity index (χ0) is 16.3. The highest BCUT2D eigenvalue weighted by Gasteiger charge is 2.36. The Labute approximate surface area is 158 Å². The summed E-state index contributed by atoms with van der Waals surface area (Å²) in [6.45, 7) is 1.19. The molecule has 2 unspecified atom stereocenters. The number of hydrogen-bond donors (Lipinski definition) is 3. The summed E-state index contributed by atoms with van der Waals surface area (Å²) in [7, 11) is 0. The number of carbonyl (C=O) groups excluding carboxylic acids is 1. The maximum absolute atomic E-state index is 12.4. The van der Waals surface area contributed by atoms with Crippen molar-refractivity contribution in [3.05, 3.63) is 34.3 Å². The SMILES string of the molecule is Cl.O=C(NCC1(c2cccc(Br)c2)CCCCC1)C1CC(O)CN1. The van der Waals surface area contributed by atoms with Crippen LogP contribution in [0, 0.1) is 0 Å². The summed E-state index contributed by atoms with van der Waals surface area (Å²) in [5, 5.41) is 15.8. The van der Waals surface area contributed by atoms with Crippen LogP contribution in [0.1, 0.15) is 44.1 Å². The van der Waals surface area contributed by atoms with Gasteiger partial charge in [0, 0.05) is 23.0 Å². The summed E-state index contributed by atoms with van der Waals surface area (Å²) in [5.74, 6) is 0.0153. The van der Waals surface area contributed by atoms with Crippen LogP contribution < -0.4 is 10.6 Å². The molecule has 1 aliphatic carbocycles. The Balaban J connectivity index is 0.00000208. The summed E-state index contributed by atoms with van der Waals surface area (Å²) >= 11 is 3.57. The predicted octanol–water partition coefficient (Wildman–Crippen LogP) is 2.91. The third-order valence-electron chi connectivity index (χ3n) is 5.27. The molecule has 134 valence electrons. The molecule has 0 aromatic heterocycles. The second-order valence-corrected chi connectivity index (χ2v) is 7.84.